The number of esters is 1. The van der Waals surface area contributed by atoms with Gasteiger partial charge in [-0.15, -0.1) is 0 Å². The molecule has 0 bridgehead atoms. The minimum atomic E-state index is -0.842. The van der Waals surface area contributed by atoms with E-state index in [0.717, 1.165) is 44.9 Å². The van der Waals surface area contributed by atoms with Crippen molar-refractivity contribution in [3.8, 4) is 0 Å². The van der Waals surface area contributed by atoms with Crippen molar-refractivity contribution < 1.29 is 24.5 Å². The average molecular weight is 1180 g/mol. The Kier molecular flexibility index (Phi) is 72.3. The fraction of sp³-hybridized carbons (Fsp3) is 0.923. The summed E-state index contributed by atoms with van der Waals surface area (Å²) in [6.07, 6.45) is 94.3. The Morgan fingerprint density at radius 2 is 0.560 bits per heavy atom. The van der Waals surface area contributed by atoms with Crippen LogP contribution in [0.4, 0.5) is 0 Å². The van der Waals surface area contributed by atoms with Crippen LogP contribution in [0.1, 0.15) is 438 Å². The first-order valence-corrected chi connectivity index (χ1v) is 38.6. The number of carbonyl (C=O) groups is 2. The highest BCUT2D eigenvalue weighted by Crippen LogP contribution is 2.20. The maximum Gasteiger partial charge on any atom is 0.305 e. The van der Waals surface area contributed by atoms with Crippen molar-refractivity contribution in [2.45, 2.75) is 450 Å². The number of ether oxygens (including phenoxy) is 1. The zero-order valence-electron chi connectivity index (χ0n) is 57.2. The molecule has 0 aromatic heterocycles. The quantitative estimate of drug-likeness (QED) is 0.0320. The minimum Gasteiger partial charge on any atom is -0.466 e. The number of aliphatic hydroxyl groups excluding tert-OH is 2. The molecule has 0 fully saturated rings. The number of carbonyl (C=O) groups excluding carboxylic acids is 2. The number of allylic oxidation sites excluding steroid dienone is 3. The third-order valence-electron chi connectivity index (χ3n) is 18.2. The highest BCUT2D eigenvalue weighted by Gasteiger charge is 2.18. The molecule has 0 aliphatic heterocycles. The van der Waals surface area contributed by atoms with E-state index in [1.807, 2.05) is 6.08 Å². The van der Waals surface area contributed by atoms with E-state index in [4.69, 9.17) is 4.74 Å². The molecular weight excluding hydrogens is 1030 g/mol. The SMILES string of the molecule is CCCCCCCC/C=C\CCCCCCCC(=O)OCCCCCCCCCCCCCCCCCCCCCCCCCCCCCCCCCCC(=O)NC(CO)C(O)/C=C/CCCCCCCCCCCCCCCCCCCC. The number of aliphatic hydroxyl groups is 2. The Bertz CT molecular complexity index is 1320. The van der Waals surface area contributed by atoms with Gasteiger partial charge >= 0.3 is 5.97 Å². The van der Waals surface area contributed by atoms with E-state index in [1.54, 1.807) is 6.08 Å². The summed E-state index contributed by atoms with van der Waals surface area (Å²) >= 11 is 0. The number of rotatable bonds is 73. The Balaban J connectivity index is 3.34. The molecule has 0 aliphatic rings. The van der Waals surface area contributed by atoms with Crippen LogP contribution in [0.3, 0.4) is 0 Å². The van der Waals surface area contributed by atoms with Gasteiger partial charge in [0.1, 0.15) is 0 Å². The molecule has 0 saturated carbocycles. The van der Waals surface area contributed by atoms with E-state index in [-0.39, 0.29) is 18.5 Å². The first-order valence-electron chi connectivity index (χ1n) is 38.6. The van der Waals surface area contributed by atoms with Gasteiger partial charge in [-0.05, 0) is 57.8 Å². The van der Waals surface area contributed by atoms with Crippen LogP contribution in [-0.4, -0.2) is 47.4 Å². The van der Waals surface area contributed by atoms with Crippen molar-refractivity contribution in [3.05, 3.63) is 24.3 Å². The van der Waals surface area contributed by atoms with E-state index in [1.165, 1.54) is 366 Å². The van der Waals surface area contributed by atoms with Gasteiger partial charge in [0.15, 0.2) is 0 Å². The van der Waals surface area contributed by atoms with Gasteiger partial charge in [0, 0.05) is 12.8 Å². The minimum absolute atomic E-state index is 0.0139. The molecule has 6 heteroatoms. The van der Waals surface area contributed by atoms with E-state index < -0.39 is 12.1 Å². The number of nitrogens with one attached hydrogen (secondary N) is 1. The number of unbranched alkanes of at least 4 members (excludes halogenated alkanes) is 60. The van der Waals surface area contributed by atoms with Crippen molar-refractivity contribution in [3.63, 3.8) is 0 Å². The van der Waals surface area contributed by atoms with Crippen molar-refractivity contribution in [1.82, 2.24) is 5.32 Å². The summed E-state index contributed by atoms with van der Waals surface area (Å²) in [4.78, 5) is 24.6. The van der Waals surface area contributed by atoms with Crippen LogP contribution in [0.15, 0.2) is 24.3 Å². The molecule has 0 radical (unpaired) electrons. The summed E-state index contributed by atoms with van der Waals surface area (Å²) < 4.78 is 5.50. The predicted octanol–water partition coefficient (Wildman–Crippen LogP) is 25.3. The Hall–Kier alpha value is -1.66. The number of hydrogen-bond donors (Lipinski definition) is 3. The van der Waals surface area contributed by atoms with Gasteiger partial charge in [0.2, 0.25) is 5.91 Å². The molecule has 0 spiro atoms. The first-order chi connectivity index (χ1) is 41.5. The summed E-state index contributed by atoms with van der Waals surface area (Å²) in [5.41, 5.74) is 0. The van der Waals surface area contributed by atoms with Crippen molar-refractivity contribution >= 4 is 11.9 Å². The normalized spacial score (nSPS) is 12.6. The number of hydrogen-bond acceptors (Lipinski definition) is 5. The second-order valence-electron chi connectivity index (χ2n) is 26.7. The van der Waals surface area contributed by atoms with Gasteiger partial charge in [-0.3, -0.25) is 9.59 Å². The largest absolute Gasteiger partial charge is 0.466 e. The summed E-state index contributed by atoms with van der Waals surface area (Å²) in [6.45, 7) is 4.94. The van der Waals surface area contributed by atoms with E-state index in [0.29, 0.717) is 19.4 Å². The molecule has 0 heterocycles. The second-order valence-corrected chi connectivity index (χ2v) is 26.7. The van der Waals surface area contributed by atoms with Gasteiger partial charge in [0.05, 0.1) is 25.4 Å². The molecule has 498 valence electrons. The van der Waals surface area contributed by atoms with Gasteiger partial charge in [-0.25, -0.2) is 0 Å². The first kappa shape index (κ1) is 82.3. The van der Waals surface area contributed by atoms with E-state index >= 15 is 0 Å². The molecule has 0 aliphatic carbocycles. The predicted molar refractivity (Wildman–Crippen MR) is 370 cm³/mol. The van der Waals surface area contributed by atoms with Crippen LogP contribution < -0.4 is 5.32 Å². The summed E-state index contributed by atoms with van der Waals surface area (Å²) in [7, 11) is 0. The van der Waals surface area contributed by atoms with Gasteiger partial charge < -0.3 is 20.3 Å². The molecule has 1 amide bonds. The van der Waals surface area contributed by atoms with Crippen LogP contribution in [-0.2, 0) is 14.3 Å². The van der Waals surface area contributed by atoms with Crippen molar-refractivity contribution in [1.29, 1.82) is 0 Å². The fourth-order valence-corrected chi connectivity index (χ4v) is 12.3. The lowest BCUT2D eigenvalue weighted by Gasteiger charge is -2.20. The molecule has 2 unspecified atom stereocenters. The lowest BCUT2D eigenvalue weighted by molar-refractivity contribution is -0.143. The third kappa shape index (κ3) is 69.4. The Labute approximate surface area is 526 Å². The van der Waals surface area contributed by atoms with Crippen LogP contribution in [0.2, 0.25) is 0 Å². The Morgan fingerprint density at radius 3 is 0.845 bits per heavy atom. The number of amides is 1. The van der Waals surface area contributed by atoms with E-state index in [9.17, 15) is 19.8 Å². The highest BCUT2D eigenvalue weighted by molar-refractivity contribution is 5.76. The molecule has 6 nitrogen and oxygen atoms in total. The summed E-state index contributed by atoms with van der Waals surface area (Å²) in [5.74, 6) is -0.0451. The Morgan fingerprint density at radius 1 is 0.321 bits per heavy atom. The zero-order chi connectivity index (χ0) is 60.6. The smallest absolute Gasteiger partial charge is 0.305 e. The lowest BCUT2D eigenvalue weighted by atomic mass is 10.0. The fourth-order valence-electron chi connectivity index (χ4n) is 12.3. The zero-order valence-corrected chi connectivity index (χ0v) is 57.2. The topological polar surface area (TPSA) is 95.9 Å². The molecule has 0 aromatic carbocycles. The summed E-state index contributed by atoms with van der Waals surface area (Å²) in [6, 6.07) is -0.625. The maximum absolute atomic E-state index is 12.5. The molecule has 84 heavy (non-hydrogen) atoms. The summed E-state index contributed by atoms with van der Waals surface area (Å²) in [5, 5.41) is 23.3. The van der Waals surface area contributed by atoms with E-state index in [2.05, 4.69) is 31.3 Å². The maximum atomic E-state index is 12.5. The van der Waals surface area contributed by atoms with Crippen LogP contribution >= 0.6 is 0 Å². The average Bonchev–Trinajstić information content (AvgIpc) is 3.51. The molecule has 3 N–H and O–H groups in total. The molecule has 0 saturated heterocycles. The molecule has 2 atom stereocenters. The second kappa shape index (κ2) is 73.8. The monoisotopic (exact) mass is 1180 g/mol. The third-order valence-corrected chi connectivity index (χ3v) is 18.2. The van der Waals surface area contributed by atoms with Gasteiger partial charge in [-0.1, -0.05) is 391 Å². The van der Waals surface area contributed by atoms with Crippen molar-refractivity contribution in [2.75, 3.05) is 13.2 Å². The lowest BCUT2D eigenvalue weighted by Crippen LogP contribution is -2.45. The van der Waals surface area contributed by atoms with Gasteiger partial charge in [-0.2, -0.15) is 0 Å². The van der Waals surface area contributed by atoms with Crippen LogP contribution in [0.5, 0.6) is 0 Å². The van der Waals surface area contributed by atoms with Gasteiger partial charge in [0.25, 0.3) is 0 Å². The van der Waals surface area contributed by atoms with Crippen LogP contribution in [0.25, 0.3) is 0 Å². The molecule has 0 rings (SSSR count). The van der Waals surface area contributed by atoms with Crippen LogP contribution in [0, 0.1) is 0 Å². The molecular formula is C78H151NO5. The standard InChI is InChI=1S/C78H151NO5/c1-3-5-7-9-11-13-15-17-19-20-21-36-39-43-46-50-54-58-62-66-70-76(81)75(74-80)79-77(82)71-67-63-59-55-51-47-44-40-37-34-32-30-28-26-24-22-23-25-27-29-31-33-35-38-41-45-49-53-57-61-65-69-73-84-78(83)72-68-64-60-56-52-48-42-18-16-14-12-10-8-6-4-2/h18,42,66,70,75-76,80-81H,3-17,19-41,43-65,67-69,71-74H2,1-2H3,(H,79,82)/b42-18-,70-66+. The van der Waals surface area contributed by atoms with Crippen molar-refractivity contribution in [2.24, 2.45) is 0 Å². The highest BCUT2D eigenvalue weighted by atomic mass is 16.5. The molecule has 0 aromatic rings.